The second-order valence-electron chi connectivity index (χ2n) is 12.8. The van der Waals surface area contributed by atoms with E-state index in [1.165, 1.54) is 73.3 Å². The summed E-state index contributed by atoms with van der Waals surface area (Å²) in [5.74, 6) is 1.19. The molecule has 1 aromatic heterocycles. The maximum atomic E-state index is 7.50. The van der Waals surface area contributed by atoms with Gasteiger partial charge < -0.3 is 9.64 Å². The number of ether oxygens (including phenoxy) is 1. The molecule has 2 aromatic rings. The lowest BCUT2D eigenvalue weighted by Crippen LogP contribution is -2.55. The second kappa shape index (κ2) is 7.52. The Balaban J connectivity index is 1.25. The molecule has 35 heavy (non-hydrogen) atoms. The van der Waals surface area contributed by atoms with Crippen LogP contribution >= 0.6 is 0 Å². The lowest BCUT2D eigenvalue weighted by atomic mass is 9.58. The van der Waals surface area contributed by atoms with Gasteiger partial charge in [-0.15, -0.1) is 0 Å². The summed E-state index contributed by atoms with van der Waals surface area (Å²) in [6.45, 7) is 7.24. The van der Waals surface area contributed by atoms with Gasteiger partial charge in [-0.25, -0.2) is 0 Å². The molecule has 0 amide bonds. The number of allylic oxidation sites excluding steroid dienone is 1. The molecule has 2 spiro atoms. The molecule has 2 aliphatic heterocycles. The van der Waals surface area contributed by atoms with E-state index in [4.69, 9.17) is 4.74 Å². The number of nitrogens with zero attached hydrogens (tertiary/aromatic N) is 2. The molecule has 2 unspecified atom stereocenters. The summed E-state index contributed by atoms with van der Waals surface area (Å²) in [6.07, 6.45) is 18.9. The largest absolute Gasteiger partial charge is 0.359 e. The van der Waals surface area contributed by atoms with Crippen LogP contribution in [0.4, 0.5) is 0 Å². The number of aromatic nitrogens is 1. The van der Waals surface area contributed by atoms with Crippen molar-refractivity contribution in [1.29, 1.82) is 0 Å². The summed E-state index contributed by atoms with van der Waals surface area (Å²) >= 11 is 0. The van der Waals surface area contributed by atoms with Gasteiger partial charge in [-0.2, -0.15) is 0 Å². The van der Waals surface area contributed by atoms with Crippen LogP contribution < -0.4 is 0 Å². The highest BCUT2D eigenvalue weighted by Gasteiger charge is 2.66. The summed E-state index contributed by atoms with van der Waals surface area (Å²) in [4.78, 5) is 6.98. The summed E-state index contributed by atoms with van der Waals surface area (Å²) < 4.78 is 7.50. The van der Waals surface area contributed by atoms with E-state index in [1.54, 1.807) is 5.57 Å². The van der Waals surface area contributed by atoms with Crippen molar-refractivity contribution < 1.29 is 4.74 Å². The van der Waals surface area contributed by atoms with Gasteiger partial charge in [0.15, 0.2) is 0 Å². The minimum atomic E-state index is -0.0675. The number of hydrogen-bond donors (Lipinski definition) is 0. The molecule has 3 aliphatic carbocycles. The normalized spacial score (nSPS) is 39.9. The van der Waals surface area contributed by atoms with E-state index in [-0.39, 0.29) is 16.6 Å². The van der Waals surface area contributed by atoms with Crippen molar-refractivity contribution in [2.24, 2.45) is 11.3 Å². The predicted molar refractivity (Wildman–Crippen MR) is 142 cm³/mol. The van der Waals surface area contributed by atoms with Gasteiger partial charge in [0.2, 0.25) is 0 Å². The van der Waals surface area contributed by atoms with Gasteiger partial charge in [-0.1, -0.05) is 31.2 Å². The van der Waals surface area contributed by atoms with Crippen LogP contribution in [0.1, 0.15) is 83.6 Å². The first-order valence-corrected chi connectivity index (χ1v) is 14.0. The van der Waals surface area contributed by atoms with E-state index in [0.29, 0.717) is 23.9 Å². The molecule has 184 valence electrons. The van der Waals surface area contributed by atoms with Crippen LogP contribution in [-0.2, 0) is 4.74 Å². The fourth-order valence-electron chi connectivity index (χ4n) is 9.02. The van der Waals surface area contributed by atoms with Crippen LogP contribution in [0, 0.1) is 11.3 Å². The first-order valence-electron chi connectivity index (χ1n) is 14.0. The molecule has 7 rings (SSSR count). The van der Waals surface area contributed by atoms with Crippen LogP contribution in [0.25, 0.3) is 10.8 Å². The molecule has 6 atom stereocenters. The van der Waals surface area contributed by atoms with Crippen molar-refractivity contribution in [2.45, 2.75) is 101 Å². The van der Waals surface area contributed by atoms with E-state index in [9.17, 15) is 0 Å². The maximum absolute atomic E-state index is 7.50. The Morgan fingerprint density at radius 2 is 1.97 bits per heavy atom. The molecule has 3 fully saturated rings. The number of hydrogen-bond acceptors (Lipinski definition) is 3. The van der Waals surface area contributed by atoms with E-state index < -0.39 is 0 Å². The average molecular weight is 469 g/mol. The van der Waals surface area contributed by atoms with Crippen molar-refractivity contribution in [3.05, 3.63) is 65.5 Å². The lowest BCUT2D eigenvalue weighted by Gasteiger charge is -2.55. The third-order valence-corrected chi connectivity index (χ3v) is 11.1. The van der Waals surface area contributed by atoms with Gasteiger partial charge in [0.25, 0.3) is 0 Å². The van der Waals surface area contributed by atoms with Gasteiger partial charge in [0.05, 0.1) is 11.2 Å². The maximum Gasteiger partial charge on any atom is 0.0974 e. The third-order valence-electron chi connectivity index (χ3n) is 11.1. The zero-order valence-corrected chi connectivity index (χ0v) is 21.9. The topological polar surface area (TPSA) is 25.4 Å². The van der Waals surface area contributed by atoms with E-state index in [0.717, 1.165) is 0 Å². The van der Waals surface area contributed by atoms with Gasteiger partial charge >= 0.3 is 0 Å². The standard InChI is InChI=1S/C32H40N2O/c1-21(2)34(4)27-8-7-25-18-26-11-13-30(3)28(23-6-5-22-12-16-33-20-24(22)17-23)9-10-29(30)32(26)15-14-31(25,19-27)35-32/h5-6,11-12,16-18,20-21,27-29H,7-10,13-15,19H2,1-4H3/t27-,28?,29-,30?,31-,32-/m1/s1. The van der Waals surface area contributed by atoms with Crippen molar-refractivity contribution >= 4 is 10.8 Å². The molecule has 0 N–H and O–H groups in total. The van der Waals surface area contributed by atoms with Gasteiger partial charge in [-0.3, -0.25) is 4.98 Å². The van der Waals surface area contributed by atoms with Crippen LogP contribution in [-0.4, -0.2) is 40.2 Å². The number of fused-ring (bicyclic) bond motifs is 2. The predicted octanol–water partition coefficient (Wildman–Crippen LogP) is 7.19. The van der Waals surface area contributed by atoms with Gasteiger partial charge in [-0.05, 0) is 124 Å². The highest BCUT2D eigenvalue weighted by atomic mass is 16.5. The lowest BCUT2D eigenvalue weighted by molar-refractivity contribution is -0.141. The third kappa shape index (κ3) is 3.01. The number of benzene rings is 1. The molecular formula is C32H40N2O. The van der Waals surface area contributed by atoms with Gasteiger partial charge in [0.1, 0.15) is 0 Å². The molecule has 2 saturated carbocycles. The van der Waals surface area contributed by atoms with E-state index in [2.05, 4.69) is 74.1 Å². The smallest absolute Gasteiger partial charge is 0.0974 e. The highest BCUT2D eigenvalue weighted by molar-refractivity contribution is 5.82. The van der Waals surface area contributed by atoms with Crippen LogP contribution in [0.2, 0.25) is 0 Å². The Bertz CT molecular complexity index is 1250. The fourth-order valence-corrected chi connectivity index (χ4v) is 9.02. The SMILES string of the molecule is CC(C)N(C)[C@@H]1CCC2=CC3=CCC4(C)C(c5ccc6ccncc6c5)CC[C@H]4[C@@]34CC[C@]2(C1)O4. The zero-order chi connectivity index (χ0) is 24.0. The Hall–Kier alpha value is -1.97. The minimum absolute atomic E-state index is 0.0195. The molecule has 5 aliphatic rings. The molecule has 3 heteroatoms. The van der Waals surface area contributed by atoms with Crippen molar-refractivity contribution in [2.75, 3.05) is 7.05 Å². The zero-order valence-electron chi connectivity index (χ0n) is 21.9. The number of pyridine rings is 1. The van der Waals surface area contributed by atoms with Crippen molar-refractivity contribution in [3.63, 3.8) is 0 Å². The molecular weight excluding hydrogens is 428 g/mol. The average Bonchev–Trinajstić information content (AvgIpc) is 3.38. The summed E-state index contributed by atoms with van der Waals surface area (Å²) in [5, 5.41) is 2.56. The molecule has 1 aromatic carbocycles. The molecule has 1 saturated heterocycles. The first-order chi connectivity index (χ1) is 16.8. The Morgan fingerprint density at radius 3 is 2.83 bits per heavy atom. The van der Waals surface area contributed by atoms with Crippen LogP contribution in [0.3, 0.4) is 0 Å². The van der Waals surface area contributed by atoms with Crippen molar-refractivity contribution in [3.8, 4) is 0 Å². The van der Waals surface area contributed by atoms with Gasteiger partial charge in [0, 0.05) is 29.9 Å². The summed E-state index contributed by atoms with van der Waals surface area (Å²) in [5.41, 5.74) is 4.79. The quantitative estimate of drug-likeness (QED) is 0.477. The number of rotatable bonds is 3. The van der Waals surface area contributed by atoms with Crippen molar-refractivity contribution in [1.82, 2.24) is 9.88 Å². The molecule has 0 radical (unpaired) electrons. The van der Waals surface area contributed by atoms with E-state index >= 15 is 0 Å². The van der Waals surface area contributed by atoms with Crippen LogP contribution in [0.15, 0.2) is 60.0 Å². The Morgan fingerprint density at radius 1 is 1.09 bits per heavy atom. The van der Waals surface area contributed by atoms with Crippen LogP contribution in [0.5, 0.6) is 0 Å². The Labute approximate surface area is 210 Å². The molecule has 3 nitrogen and oxygen atoms in total. The first kappa shape index (κ1) is 22.2. The molecule has 3 heterocycles. The minimum Gasteiger partial charge on any atom is -0.359 e. The highest BCUT2D eigenvalue weighted by Crippen LogP contribution is 2.69. The monoisotopic (exact) mass is 468 g/mol. The second-order valence-corrected chi connectivity index (χ2v) is 12.8. The molecule has 2 bridgehead atoms. The summed E-state index contributed by atoms with van der Waals surface area (Å²) in [6, 6.07) is 10.4. The fraction of sp³-hybridized carbons (Fsp3) is 0.594. The Kier molecular flexibility index (Phi) is 4.78. The summed E-state index contributed by atoms with van der Waals surface area (Å²) in [7, 11) is 2.32. The van der Waals surface area contributed by atoms with E-state index in [1.807, 2.05) is 12.4 Å².